The van der Waals surface area contributed by atoms with Crippen molar-refractivity contribution in [2.75, 3.05) is 12.3 Å². The van der Waals surface area contributed by atoms with Crippen molar-refractivity contribution in [3.63, 3.8) is 0 Å². The van der Waals surface area contributed by atoms with E-state index in [2.05, 4.69) is 17.2 Å². The second-order valence-electron chi connectivity index (χ2n) is 3.99. The number of anilines is 1. The summed E-state index contributed by atoms with van der Waals surface area (Å²) in [5.74, 6) is 6.11. The lowest BCUT2D eigenvalue weighted by Gasteiger charge is -2.05. The summed E-state index contributed by atoms with van der Waals surface area (Å²) in [7, 11) is 0. The van der Waals surface area contributed by atoms with E-state index in [-0.39, 0.29) is 5.91 Å². The van der Waals surface area contributed by atoms with Crippen LogP contribution >= 0.6 is 0 Å². The highest BCUT2D eigenvalue weighted by Crippen LogP contribution is 2.18. The number of benzene rings is 1. The molecule has 0 heterocycles. The first-order chi connectivity index (χ1) is 8.02. The third-order valence-corrected chi connectivity index (χ3v) is 2.68. The lowest BCUT2D eigenvalue weighted by Crippen LogP contribution is -2.20. The van der Waals surface area contributed by atoms with Gasteiger partial charge < -0.3 is 11.1 Å². The molecule has 0 radical (unpaired) electrons. The SMILES string of the molecule is CC(=O)NCCC#Cc1ccc(N)c(C)c1C. The molecule has 3 nitrogen and oxygen atoms in total. The van der Waals surface area contributed by atoms with Crippen LogP contribution in [0.4, 0.5) is 5.69 Å². The Morgan fingerprint density at radius 2 is 2.06 bits per heavy atom. The number of hydrogen-bond acceptors (Lipinski definition) is 2. The van der Waals surface area contributed by atoms with E-state index >= 15 is 0 Å². The van der Waals surface area contributed by atoms with Gasteiger partial charge in [-0.3, -0.25) is 4.79 Å². The van der Waals surface area contributed by atoms with Crippen LogP contribution < -0.4 is 11.1 Å². The number of nitrogen functional groups attached to an aromatic ring is 1. The van der Waals surface area contributed by atoms with E-state index < -0.39 is 0 Å². The number of amides is 1. The molecular formula is C14H18N2O. The minimum absolute atomic E-state index is 0.0219. The van der Waals surface area contributed by atoms with Gasteiger partial charge in [-0.05, 0) is 37.1 Å². The van der Waals surface area contributed by atoms with Crippen LogP contribution in [0.2, 0.25) is 0 Å². The standard InChI is InChI=1S/C14H18N2O/c1-10-11(2)14(15)8-7-13(10)6-4-5-9-16-12(3)17/h7-8H,5,9,15H2,1-3H3,(H,16,17). The first kappa shape index (κ1) is 13.1. The molecule has 3 N–H and O–H groups in total. The molecule has 1 aromatic rings. The lowest BCUT2D eigenvalue weighted by atomic mass is 10.0. The molecule has 1 aromatic carbocycles. The van der Waals surface area contributed by atoms with Gasteiger partial charge in [-0.1, -0.05) is 11.8 Å². The van der Waals surface area contributed by atoms with E-state index in [4.69, 9.17) is 5.73 Å². The quantitative estimate of drug-likeness (QED) is 0.462. The molecule has 0 fully saturated rings. The van der Waals surface area contributed by atoms with Crippen molar-refractivity contribution in [2.45, 2.75) is 27.2 Å². The van der Waals surface area contributed by atoms with E-state index in [1.807, 2.05) is 26.0 Å². The summed E-state index contributed by atoms with van der Waals surface area (Å²) in [5, 5.41) is 2.71. The van der Waals surface area contributed by atoms with Crippen molar-refractivity contribution in [3.05, 3.63) is 28.8 Å². The van der Waals surface area contributed by atoms with Gasteiger partial charge in [-0.2, -0.15) is 0 Å². The Bertz CT molecular complexity index is 481. The van der Waals surface area contributed by atoms with Gasteiger partial charge in [0.05, 0.1) is 0 Å². The molecule has 1 rings (SSSR count). The first-order valence-corrected chi connectivity index (χ1v) is 5.61. The smallest absolute Gasteiger partial charge is 0.216 e. The Morgan fingerprint density at radius 3 is 2.71 bits per heavy atom. The third kappa shape index (κ3) is 3.84. The Kier molecular flexibility index (Phi) is 4.59. The maximum atomic E-state index is 10.6. The van der Waals surface area contributed by atoms with Gasteiger partial charge in [0.1, 0.15) is 0 Å². The predicted molar refractivity (Wildman–Crippen MR) is 70.5 cm³/mol. The van der Waals surface area contributed by atoms with Gasteiger partial charge in [0.15, 0.2) is 0 Å². The van der Waals surface area contributed by atoms with E-state index in [9.17, 15) is 4.79 Å². The molecule has 0 aliphatic carbocycles. The topological polar surface area (TPSA) is 55.1 Å². The number of carbonyl (C=O) groups is 1. The molecule has 1 amide bonds. The Balaban J connectivity index is 2.66. The zero-order valence-electron chi connectivity index (χ0n) is 10.6. The molecular weight excluding hydrogens is 212 g/mol. The summed E-state index contributed by atoms with van der Waals surface area (Å²) in [6, 6.07) is 3.81. The fourth-order valence-electron chi connectivity index (χ4n) is 1.44. The van der Waals surface area contributed by atoms with E-state index in [1.165, 1.54) is 6.92 Å². The summed E-state index contributed by atoms with van der Waals surface area (Å²) in [4.78, 5) is 10.6. The van der Waals surface area contributed by atoms with Crippen molar-refractivity contribution >= 4 is 11.6 Å². The van der Waals surface area contributed by atoms with Crippen LogP contribution in [0.15, 0.2) is 12.1 Å². The normalized spacial score (nSPS) is 9.35. The van der Waals surface area contributed by atoms with Crippen molar-refractivity contribution in [1.29, 1.82) is 0 Å². The minimum Gasteiger partial charge on any atom is -0.399 e. The number of carbonyl (C=O) groups excluding carboxylic acids is 1. The maximum absolute atomic E-state index is 10.6. The van der Waals surface area contributed by atoms with Crippen LogP contribution in [-0.2, 0) is 4.79 Å². The van der Waals surface area contributed by atoms with Crippen LogP contribution in [-0.4, -0.2) is 12.5 Å². The molecule has 0 bridgehead atoms. The molecule has 90 valence electrons. The summed E-state index contributed by atoms with van der Waals surface area (Å²) in [6.45, 7) is 6.10. The Hall–Kier alpha value is -1.95. The van der Waals surface area contributed by atoms with Crippen molar-refractivity contribution in [1.82, 2.24) is 5.32 Å². The lowest BCUT2D eigenvalue weighted by molar-refractivity contribution is -0.118. The number of nitrogens with two attached hydrogens (primary N) is 1. The molecule has 17 heavy (non-hydrogen) atoms. The highest BCUT2D eigenvalue weighted by atomic mass is 16.1. The zero-order chi connectivity index (χ0) is 12.8. The van der Waals surface area contributed by atoms with Gasteiger partial charge in [-0.25, -0.2) is 0 Å². The fraction of sp³-hybridized carbons (Fsp3) is 0.357. The van der Waals surface area contributed by atoms with Crippen molar-refractivity contribution in [3.8, 4) is 11.8 Å². The summed E-state index contributed by atoms with van der Waals surface area (Å²) >= 11 is 0. The molecule has 0 spiro atoms. The first-order valence-electron chi connectivity index (χ1n) is 5.61. The molecule has 0 aliphatic heterocycles. The summed E-state index contributed by atoms with van der Waals surface area (Å²) < 4.78 is 0. The monoisotopic (exact) mass is 230 g/mol. The number of hydrogen-bond donors (Lipinski definition) is 2. The maximum Gasteiger partial charge on any atom is 0.216 e. The predicted octanol–water partition coefficient (Wildman–Crippen LogP) is 1.76. The average molecular weight is 230 g/mol. The van der Waals surface area contributed by atoms with Gasteiger partial charge in [-0.15, -0.1) is 0 Å². The van der Waals surface area contributed by atoms with Crippen LogP contribution in [0.3, 0.4) is 0 Å². The van der Waals surface area contributed by atoms with E-state index in [1.54, 1.807) is 0 Å². The van der Waals surface area contributed by atoms with E-state index in [0.717, 1.165) is 22.4 Å². The molecule has 0 aliphatic rings. The van der Waals surface area contributed by atoms with Gasteiger partial charge in [0, 0.05) is 31.1 Å². The second kappa shape index (κ2) is 5.95. The van der Waals surface area contributed by atoms with Crippen LogP contribution in [0.1, 0.15) is 30.0 Å². The Labute approximate surface area is 102 Å². The van der Waals surface area contributed by atoms with Crippen molar-refractivity contribution in [2.24, 2.45) is 0 Å². The van der Waals surface area contributed by atoms with Crippen LogP contribution in [0.5, 0.6) is 0 Å². The third-order valence-electron chi connectivity index (χ3n) is 2.68. The number of nitrogens with one attached hydrogen (secondary N) is 1. The van der Waals surface area contributed by atoms with Crippen LogP contribution in [0.25, 0.3) is 0 Å². The van der Waals surface area contributed by atoms with Crippen molar-refractivity contribution < 1.29 is 4.79 Å². The summed E-state index contributed by atoms with van der Waals surface area (Å²) in [5.41, 5.74) is 9.80. The molecule has 3 heteroatoms. The number of rotatable bonds is 2. The second-order valence-corrected chi connectivity index (χ2v) is 3.99. The highest BCUT2D eigenvalue weighted by Gasteiger charge is 2.01. The average Bonchev–Trinajstić information content (AvgIpc) is 2.28. The summed E-state index contributed by atoms with van der Waals surface area (Å²) in [6.07, 6.45) is 0.655. The molecule has 0 atom stereocenters. The van der Waals surface area contributed by atoms with Crippen LogP contribution in [0, 0.1) is 25.7 Å². The molecule has 0 unspecified atom stereocenters. The van der Waals surface area contributed by atoms with Gasteiger partial charge >= 0.3 is 0 Å². The van der Waals surface area contributed by atoms with Gasteiger partial charge in [0.2, 0.25) is 5.91 Å². The largest absolute Gasteiger partial charge is 0.399 e. The zero-order valence-corrected chi connectivity index (χ0v) is 10.6. The highest BCUT2D eigenvalue weighted by molar-refractivity contribution is 5.72. The fourth-order valence-corrected chi connectivity index (χ4v) is 1.44. The molecule has 0 saturated heterocycles. The Morgan fingerprint density at radius 1 is 1.35 bits per heavy atom. The molecule has 0 aromatic heterocycles. The minimum atomic E-state index is -0.0219. The molecule has 0 saturated carbocycles. The van der Waals surface area contributed by atoms with E-state index in [0.29, 0.717) is 13.0 Å². The van der Waals surface area contributed by atoms with Gasteiger partial charge in [0.25, 0.3) is 0 Å².